The Labute approximate surface area is 121 Å². The monoisotopic (exact) mass is 329 g/mol. The van der Waals surface area contributed by atoms with Crippen LogP contribution < -0.4 is 4.72 Å². The molecule has 1 N–H and O–H groups in total. The summed E-state index contributed by atoms with van der Waals surface area (Å²) in [6.07, 6.45) is 2.60. The summed E-state index contributed by atoms with van der Waals surface area (Å²) in [6, 6.07) is 8.09. The summed E-state index contributed by atoms with van der Waals surface area (Å²) in [7, 11) is -1.08. The van der Waals surface area contributed by atoms with Gasteiger partial charge in [0.05, 0.1) is 15.7 Å². The van der Waals surface area contributed by atoms with Gasteiger partial charge in [0.2, 0.25) is 0 Å². The highest BCUT2D eigenvalue weighted by Crippen LogP contribution is 2.22. The van der Waals surface area contributed by atoms with Crippen LogP contribution in [0.25, 0.3) is 0 Å². The molecule has 2 atom stereocenters. The van der Waals surface area contributed by atoms with Crippen LogP contribution in [0.1, 0.15) is 38.8 Å². The van der Waals surface area contributed by atoms with Crippen LogP contribution in [-0.2, 0) is 11.0 Å². The van der Waals surface area contributed by atoms with Crippen LogP contribution >= 0.6 is 15.9 Å². The van der Waals surface area contributed by atoms with Crippen molar-refractivity contribution in [2.45, 2.75) is 38.0 Å². The first-order chi connectivity index (χ1) is 8.34. The minimum atomic E-state index is -1.08. The lowest BCUT2D eigenvalue weighted by Crippen LogP contribution is -2.35. The lowest BCUT2D eigenvalue weighted by Gasteiger charge is -2.24. The highest BCUT2D eigenvalue weighted by atomic mass is 79.9. The van der Waals surface area contributed by atoms with E-state index in [0.717, 1.165) is 16.5 Å². The molecule has 100 valence electrons. The lowest BCUT2D eigenvalue weighted by molar-refractivity contribution is 0.601. The molecular formula is C14H20BrNOS. The molecule has 4 heteroatoms. The quantitative estimate of drug-likeness (QED) is 0.809. The maximum atomic E-state index is 12.1. The Bertz CT molecular complexity index is 422. The van der Waals surface area contributed by atoms with Gasteiger partial charge in [0.1, 0.15) is 0 Å². The van der Waals surface area contributed by atoms with Crippen LogP contribution in [0.5, 0.6) is 0 Å². The highest BCUT2D eigenvalue weighted by Gasteiger charge is 2.22. The molecule has 0 unspecified atom stereocenters. The van der Waals surface area contributed by atoms with Crippen molar-refractivity contribution < 1.29 is 4.21 Å². The smallest absolute Gasteiger partial charge is 0.0976 e. The number of benzene rings is 1. The molecule has 0 aliphatic heterocycles. The van der Waals surface area contributed by atoms with Crippen LogP contribution in [0.3, 0.4) is 0 Å². The Morgan fingerprint density at radius 2 is 1.94 bits per heavy atom. The zero-order valence-electron chi connectivity index (χ0n) is 11.1. The summed E-state index contributed by atoms with van der Waals surface area (Å²) in [5, 5.41) is 0. The highest BCUT2D eigenvalue weighted by molar-refractivity contribution is 9.10. The van der Waals surface area contributed by atoms with E-state index in [4.69, 9.17) is 0 Å². The number of rotatable bonds is 5. The second-order valence-electron chi connectivity index (χ2n) is 5.13. The molecule has 0 aliphatic rings. The minimum Gasteiger partial charge on any atom is -0.242 e. The summed E-state index contributed by atoms with van der Waals surface area (Å²) in [4.78, 5) is 0. The van der Waals surface area contributed by atoms with Gasteiger partial charge in [0, 0.05) is 10.5 Å². The van der Waals surface area contributed by atoms with Crippen molar-refractivity contribution in [2.24, 2.45) is 0 Å². The van der Waals surface area contributed by atoms with Gasteiger partial charge in [-0.2, -0.15) is 0 Å². The van der Waals surface area contributed by atoms with Crippen molar-refractivity contribution in [3.05, 3.63) is 47.0 Å². The standard InChI is InChI=1S/C14H20BrNOS/c1-5-6-13(16-18(17)14(2,3)4)11-7-9-12(15)10-8-11/h5,7-10,13,16H,1,6H2,2-4H3/t13-,18+/m1/s1. The van der Waals surface area contributed by atoms with E-state index < -0.39 is 11.0 Å². The van der Waals surface area contributed by atoms with E-state index in [1.165, 1.54) is 0 Å². The lowest BCUT2D eigenvalue weighted by atomic mass is 10.1. The summed E-state index contributed by atoms with van der Waals surface area (Å²) >= 11 is 3.42. The number of hydrogen-bond acceptors (Lipinski definition) is 1. The van der Waals surface area contributed by atoms with Gasteiger partial charge in [-0.3, -0.25) is 0 Å². The topological polar surface area (TPSA) is 29.1 Å². The van der Waals surface area contributed by atoms with E-state index in [1.54, 1.807) is 0 Å². The molecule has 0 aliphatic carbocycles. The van der Waals surface area contributed by atoms with Gasteiger partial charge in [-0.15, -0.1) is 6.58 Å². The number of nitrogens with one attached hydrogen (secondary N) is 1. The predicted molar refractivity (Wildman–Crippen MR) is 82.7 cm³/mol. The molecule has 0 saturated heterocycles. The van der Waals surface area contributed by atoms with Crippen LogP contribution in [0.4, 0.5) is 0 Å². The summed E-state index contributed by atoms with van der Waals surface area (Å²) in [6.45, 7) is 9.65. The fourth-order valence-corrected chi connectivity index (χ4v) is 2.53. The molecule has 0 fully saturated rings. The zero-order chi connectivity index (χ0) is 13.8. The maximum absolute atomic E-state index is 12.1. The Kier molecular flexibility index (Phi) is 5.76. The van der Waals surface area contributed by atoms with Gasteiger partial charge < -0.3 is 0 Å². The van der Waals surface area contributed by atoms with E-state index in [9.17, 15) is 4.21 Å². The van der Waals surface area contributed by atoms with E-state index in [-0.39, 0.29) is 10.8 Å². The van der Waals surface area contributed by atoms with Gasteiger partial charge in [-0.05, 0) is 44.9 Å². The molecular weight excluding hydrogens is 310 g/mol. The van der Waals surface area contributed by atoms with Gasteiger partial charge in [-0.25, -0.2) is 8.93 Å². The van der Waals surface area contributed by atoms with E-state index in [1.807, 2.05) is 51.1 Å². The van der Waals surface area contributed by atoms with Crippen molar-refractivity contribution in [1.29, 1.82) is 0 Å². The molecule has 0 amide bonds. The van der Waals surface area contributed by atoms with Crippen LogP contribution in [0.2, 0.25) is 0 Å². The maximum Gasteiger partial charge on any atom is 0.0976 e. The molecule has 0 bridgehead atoms. The summed E-state index contributed by atoms with van der Waals surface area (Å²) in [5.41, 5.74) is 1.12. The Balaban J connectivity index is 2.86. The molecule has 1 aromatic carbocycles. The third-order valence-corrected chi connectivity index (χ3v) is 4.62. The van der Waals surface area contributed by atoms with E-state index in [2.05, 4.69) is 27.2 Å². The van der Waals surface area contributed by atoms with E-state index >= 15 is 0 Å². The third-order valence-electron chi connectivity index (χ3n) is 2.48. The van der Waals surface area contributed by atoms with Crippen molar-refractivity contribution in [3.63, 3.8) is 0 Å². The first kappa shape index (κ1) is 15.6. The molecule has 0 spiro atoms. The fourth-order valence-electron chi connectivity index (χ4n) is 1.42. The van der Waals surface area contributed by atoms with Gasteiger partial charge in [0.15, 0.2) is 0 Å². The van der Waals surface area contributed by atoms with Crippen LogP contribution in [-0.4, -0.2) is 8.96 Å². The minimum absolute atomic E-state index is 0.0376. The third kappa shape index (κ3) is 4.67. The zero-order valence-corrected chi connectivity index (χ0v) is 13.5. The second kappa shape index (κ2) is 6.64. The SMILES string of the molecule is C=CC[C@@H](N[S@@](=O)C(C)(C)C)c1ccc(Br)cc1. The van der Waals surface area contributed by atoms with Crippen molar-refractivity contribution in [3.8, 4) is 0 Å². The average Bonchev–Trinajstić information content (AvgIpc) is 2.28. The molecule has 0 radical (unpaired) electrons. The summed E-state index contributed by atoms with van der Waals surface area (Å²) < 4.78 is 16.1. The molecule has 0 aromatic heterocycles. The molecule has 1 rings (SSSR count). The van der Waals surface area contributed by atoms with Crippen LogP contribution in [0, 0.1) is 0 Å². The Hall–Kier alpha value is -0.450. The fraction of sp³-hybridized carbons (Fsp3) is 0.429. The van der Waals surface area contributed by atoms with Crippen molar-refractivity contribution >= 4 is 26.9 Å². The van der Waals surface area contributed by atoms with Crippen molar-refractivity contribution in [2.75, 3.05) is 0 Å². The van der Waals surface area contributed by atoms with Crippen molar-refractivity contribution in [1.82, 2.24) is 4.72 Å². The molecule has 1 aromatic rings. The Morgan fingerprint density at radius 3 is 2.39 bits per heavy atom. The predicted octanol–water partition coefficient (Wildman–Crippen LogP) is 4.12. The number of hydrogen-bond donors (Lipinski definition) is 1. The Morgan fingerprint density at radius 1 is 1.39 bits per heavy atom. The molecule has 0 heterocycles. The average molecular weight is 330 g/mol. The molecule has 0 saturated carbocycles. The van der Waals surface area contributed by atoms with E-state index in [0.29, 0.717) is 0 Å². The van der Waals surface area contributed by atoms with Gasteiger partial charge in [-0.1, -0.05) is 34.1 Å². The first-order valence-corrected chi connectivity index (χ1v) is 7.83. The first-order valence-electron chi connectivity index (χ1n) is 5.89. The summed E-state index contributed by atoms with van der Waals surface area (Å²) in [5.74, 6) is 0. The normalized spacial score (nSPS) is 15.1. The largest absolute Gasteiger partial charge is 0.242 e. The van der Waals surface area contributed by atoms with Gasteiger partial charge >= 0.3 is 0 Å². The molecule has 2 nitrogen and oxygen atoms in total. The van der Waals surface area contributed by atoms with Gasteiger partial charge in [0.25, 0.3) is 0 Å². The van der Waals surface area contributed by atoms with Crippen LogP contribution in [0.15, 0.2) is 41.4 Å². The number of halogens is 1. The molecule has 18 heavy (non-hydrogen) atoms. The second-order valence-corrected chi connectivity index (χ2v) is 8.04.